The Morgan fingerprint density at radius 3 is 2.65 bits per heavy atom. The van der Waals surface area contributed by atoms with E-state index >= 15 is 0 Å². The molecule has 0 fully saturated rings. The predicted molar refractivity (Wildman–Crippen MR) is 98.5 cm³/mol. The molecule has 1 aliphatic carbocycles. The summed E-state index contributed by atoms with van der Waals surface area (Å²) in [5.41, 5.74) is 3.27. The number of carbonyl (C=O) groups is 2. The zero-order valence-electron chi connectivity index (χ0n) is 15.1. The maximum absolute atomic E-state index is 12.6. The highest BCUT2D eigenvalue weighted by Gasteiger charge is 2.27. The molecule has 0 bridgehead atoms. The highest BCUT2D eigenvalue weighted by molar-refractivity contribution is 6.14. The van der Waals surface area contributed by atoms with Crippen molar-refractivity contribution >= 4 is 17.5 Å². The number of hydrogen-bond acceptors (Lipinski definition) is 4. The molecular formula is C20H20N2O4. The Kier molecular flexibility index (Phi) is 4.75. The number of nitrogens with one attached hydrogen (secondary N) is 1. The highest BCUT2D eigenvalue weighted by atomic mass is 16.5. The summed E-state index contributed by atoms with van der Waals surface area (Å²) >= 11 is 0. The average Bonchev–Trinajstić information content (AvgIpc) is 2.65. The summed E-state index contributed by atoms with van der Waals surface area (Å²) in [7, 11) is 3.03. The molecule has 6 nitrogen and oxygen atoms in total. The normalized spacial score (nSPS) is 20.5. The molecule has 1 atom stereocenters. The molecule has 3 rings (SSSR count). The molecule has 1 aromatic carbocycles. The van der Waals surface area contributed by atoms with Crippen LogP contribution in [0.2, 0.25) is 0 Å². The van der Waals surface area contributed by atoms with Gasteiger partial charge >= 0.3 is 0 Å². The van der Waals surface area contributed by atoms with Crippen LogP contribution in [0.25, 0.3) is 0 Å². The van der Waals surface area contributed by atoms with Crippen LogP contribution < -0.4 is 14.8 Å². The van der Waals surface area contributed by atoms with Gasteiger partial charge < -0.3 is 14.8 Å². The van der Waals surface area contributed by atoms with Crippen LogP contribution in [-0.4, -0.2) is 31.7 Å². The van der Waals surface area contributed by atoms with Gasteiger partial charge in [-0.2, -0.15) is 0 Å². The number of ether oxygens (including phenoxy) is 2. The number of nitrogens with zero attached hydrogens (tertiary/aromatic N) is 1. The minimum Gasteiger partial charge on any atom is -0.497 e. The Balaban J connectivity index is 1.91. The van der Waals surface area contributed by atoms with Crippen LogP contribution in [0.1, 0.15) is 24.2 Å². The van der Waals surface area contributed by atoms with Crippen molar-refractivity contribution in [2.24, 2.45) is 10.9 Å². The Morgan fingerprint density at radius 1 is 1.19 bits per heavy atom. The number of benzene rings is 1. The highest BCUT2D eigenvalue weighted by Crippen LogP contribution is 2.30. The van der Waals surface area contributed by atoms with Gasteiger partial charge in [0.25, 0.3) is 11.8 Å². The van der Waals surface area contributed by atoms with Gasteiger partial charge in [-0.15, -0.1) is 0 Å². The molecule has 6 heteroatoms. The monoisotopic (exact) mass is 352 g/mol. The van der Waals surface area contributed by atoms with E-state index in [0.29, 0.717) is 22.8 Å². The molecule has 1 N–H and O–H groups in total. The lowest BCUT2D eigenvalue weighted by atomic mass is 9.85. The first-order valence-electron chi connectivity index (χ1n) is 8.18. The summed E-state index contributed by atoms with van der Waals surface area (Å²) in [5, 5.41) is 2.86. The van der Waals surface area contributed by atoms with Gasteiger partial charge in [-0.1, -0.05) is 11.6 Å². The second-order valence-corrected chi connectivity index (χ2v) is 6.11. The van der Waals surface area contributed by atoms with Gasteiger partial charge in [0.1, 0.15) is 11.5 Å². The Morgan fingerprint density at radius 2 is 1.96 bits per heavy atom. The largest absolute Gasteiger partial charge is 0.497 e. The zero-order chi connectivity index (χ0) is 18.8. The lowest BCUT2D eigenvalue weighted by Crippen LogP contribution is -2.35. The first kappa shape index (κ1) is 17.7. The van der Waals surface area contributed by atoms with Crippen LogP contribution in [0.3, 0.4) is 0 Å². The van der Waals surface area contributed by atoms with Gasteiger partial charge in [0.2, 0.25) is 0 Å². The molecule has 1 heterocycles. The molecule has 1 aliphatic heterocycles. The maximum Gasteiger partial charge on any atom is 0.281 e. The summed E-state index contributed by atoms with van der Waals surface area (Å²) in [6.45, 7) is 3.74. The van der Waals surface area contributed by atoms with Crippen LogP contribution in [0, 0.1) is 5.92 Å². The number of methoxy groups -OCH3 is 2. The van der Waals surface area contributed by atoms with E-state index in [2.05, 4.69) is 10.3 Å². The maximum atomic E-state index is 12.6. The second kappa shape index (κ2) is 7.00. The molecule has 1 unspecified atom stereocenters. The van der Waals surface area contributed by atoms with Crippen LogP contribution in [0.5, 0.6) is 11.5 Å². The van der Waals surface area contributed by atoms with Crippen molar-refractivity contribution in [2.75, 3.05) is 14.2 Å². The number of amides is 2. The van der Waals surface area contributed by atoms with Crippen molar-refractivity contribution < 1.29 is 19.1 Å². The van der Waals surface area contributed by atoms with Crippen LogP contribution >= 0.6 is 0 Å². The van der Waals surface area contributed by atoms with Gasteiger partial charge in [-0.25, -0.2) is 4.99 Å². The number of allylic oxidation sites excluding steroid dienone is 3. The fourth-order valence-electron chi connectivity index (χ4n) is 2.95. The molecule has 2 aliphatic rings. The molecule has 134 valence electrons. The minimum atomic E-state index is -0.426. The SMILES string of the molecule is COc1ccc(C(=O)N=C2C=CC3C(=C2)NC(=O)C(C)=C3C)c(OC)c1. The van der Waals surface area contributed by atoms with Crippen molar-refractivity contribution in [2.45, 2.75) is 13.8 Å². The molecular weight excluding hydrogens is 332 g/mol. The van der Waals surface area contributed by atoms with E-state index in [1.807, 2.05) is 13.0 Å². The van der Waals surface area contributed by atoms with Gasteiger partial charge in [-0.05, 0) is 38.1 Å². The Labute approximate surface area is 151 Å². The summed E-state index contributed by atoms with van der Waals surface area (Å²) in [5.74, 6) is 0.450. The van der Waals surface area contributed by atoms with E-state index in [1.165, 1.54) is 7.11 Å². The Hall–Kier alpha value is -3.15. The van der Waals surface area contributed by atoms with Crippen molar-refractivity contribution in [1.82, 2.24) is 5.32 Å². The van der Waals surface area contributed by atoms with Crippen molar-refractivity contribution in [3.8, 4) is 11.5 Å². The molecule has 0 spiro atoms. The molecule has 0 saturated heterocycles. The van der Waals surface area contributed by atoms with Gasteiger partial charge in [0, 0.05) is 23.3 Å². The summed E-state index contributed by atoms with van der Waals surface area (Å²) in [6.07, 6.45) is 5.45. The topological polar surface area (TPSA) is 77.0 Å². The minimum absolute atomic E-state index is 0.0114. The number of rotatable bonds is 3. The molecule has 0 aromatic heterocycles. The molecule has 26 heavy (non-hydrogen) atoms. The Bertz CT molecular complexity index is 906. The van der Waals surface area contributed by atoms with E-state index in [-0.39, 0.29) is 11.8 Å². The van der Waals surface area contributed by atoms with E-state index in [1.54, 1.807) is 44.4 Å². The standard InChI is InChI=1S/C20H20N2O4/c1-11-12(2)19(23)22-17-9-13(5-7-15(11)17)21-20(24)16-8-6-14(25-3)10-18(16)26-4/h5-10,15H,1-4H3,(H,22,23). The van der Waals surface area contributed by atoms with Crippen LogP contribution in [0.15, 0.2) is 58.3 Å². The van der Waals surface area contributed by atoms with Crippen LogP contribution in [-0.2, 0) is 4.79 Å². The first-order valence-corrected chi connectivity index (χ1v) is 8.18. The lowest BCUT2D eigenvalue weighted by Gasteiger charge is -2.28. The second-order valence-electron chi connectivity index (χ2n) is 6.11. The fraction of sp³-hybridized carbons (Fsp3) is 0.250. The van der Waals surface area contributed by atoms with E-state index in [0.717, 1.165) is 16.8 Å². The number of fused-ring (bicyclic) bond motifs is 1. The van der Waals surface area contributed by atoms with Crippen molar-refractivity contribution in [1.29, 1.82) is 0 Å². The van der Waals surface area contributed by atoms with E-state index in [9.17, 15) is 9.59 Å². The number of hydrogen-bond donors (Lipinski definition) is 1. The third-order valence-corrected chi connectivity index (χ3v) is 4.62. The fourth-order valence-corrected chi connectivity index (χ4v) is 2.95. The molecule has 0 saturated carbocycles. The predicted octanol–water partition coefficient (Wildman–Crippen LogP) is 2.82. The first-order chi connectivity index (χ1) is 12.4. The molecule has 1 aromatic rings. The molecule has 2 amide bonds. The van der Waals surface area contributed by atoms with Gasteiger partial charge in [0.15, 0.2) is 0 Å². The quantitative estimate of drug-likeness (QED) is 0.907. The van der Waals surface area contributed by atoms with E-state index < -0.39 is 5.91 Å². The lowest BCUT2D eigenvalue weighted by molar-refractivity contribution is -0.117. The van der Waals surface area contributed by atoms with Crippen molar-refractivity contribution in [3.63, 3.8) is 0 Å². The third kappa shape index (κ3) is 3.18. The smallest absolute Gasteiger partial charge is 0.281 e. The van der Waals surface area contributed by atoms with Crippen LogP contribution in [0.4, 0.5) is 0 Å². The zero-order valence-corrected chi connectivity index (χ0v) is 15.1. The summed E-state index contributed by atoms with van der Waals surface area (Å²) < 4.78 is 10.4. The summed E-state index contributed by atoms with van der Waals surface area (Å²) in [6, 6.07) is 4.93. The summed E-state index contributed by atoms with van der Waals surface area (Å²) in [4.78, 5) is 28.7. The van der Waals surface area contributed by atoms with Gasteiger partial charge in [0.05, 0.1) is 25.5 Å². The van der Waals surface area contributed by atoms with E-state index in [4.69, 9.17) is 9.47 Å². The van der Waals surface area contributed by atoms with Gasteiger partial charge in [-0.3, -0.25) is 9.59 Å². The third-order valence-electron chi connectivity index (χ3n) is 4.62. The number of aliphatic imine (C=N–C) groups is 1. The van der Waals surface area contributed by atoms with Crippen molar-refractivity contribution in [3.05, 3.63) is 58.8 Å². The average molecular weight is 352 g/mol. The number of carbonyl (C=O) groups excluding carboxylic acids is 2. The molecule has 0 radical (unpaired) electrons.